The largest absolute Gasteiger partial charge is 0.465 e. The van der Waals surface area contributed by atoms with E-state index < -0.39 is 0 Å². The van der Waals surface area contributed by atoms with Crippen LogP contribution in [0, 0.1) is 5.41 Å². The van der Waals surface area contributed by atoms with Gasteiger partial charge in [-0.15, -0.1) is 0 Å². The Morgan fingerprint density at radius 2 is 2.00 bits per heavy atom. The van der Waals surface area contributed by atoms with Crippen molar-refractivity contribution in [1.29, 1.82) is 0 Å². The molecule has 0 bridgehead atoms. The maximum Gasteiger partial charge on any atom is 0.305 e. The van der Waals surface area contributed by atoms with Crippen LogP contribution in [0.15, 0.2) is 0 Å². The van der Waals surface area contributed by atoms with Gasteiger partial charge in [-0.1, -0.05) is 13.8 Å². The van der Waals surface area contributed by atoms with Crippen molar-refractivity contribution in [3.63, 3.8) is 0 Å². The number of hydrogen-bond donors (Lipinski definition) is 0. The Labute approximate surface area is 84.5 Å². The third-order valence-corrected chi connectivity index (χ3v) is 2.56. The first-order valence-electron chi connectivity index (χ1n) is 5.03. The van der Waals surface area contributed by atoms with Crippen LogP contribution in [-0.2, 0) is 19.0 Å². The molecule has 0 radical (unpaired) electrons. The highest BCUT2D eigenvalue weighted by molar-refractivity contribution is 5.68. The highest BCUT2D eigenvalue weighted by atomic mass is 16.7. The quantitative estimate of drug-likeness (QED) is 0.645. The summed E-state index contributed by atoms with van der Waals surface area (Å²) < 4.78 is 15.6. The van der Waals surface area contributed by atoms with Gasteiger partial charge in [0.1, 0.15) is 13.4 Å². The lowest BCUT2D eigenvalue weighted by atomic mass is 9.87. The van der Waals surface area contributed by atoms with Gasteiger partial charge in [0.2, 0.25) is 0 Å². The van der Waals surface area contributed by atoms with Crippen LogP contribution in [-0.4, -0.2) is 32.6 Å². The van der Waals surface area contributed by atoms with Crippen LogP contribution >= 0.6 is 0 Å². The predicted molar refractivity (Wildman–Crippen MR) is 50.7 cm³/mol. The molecule has 0 aromatic rings. The predicted octanol–water partition coefficient (Wildman–Crippen LogP) is 1.34. The van der Waals surface area contributed by atoms with E-state index >= 15 is 0 Å². The molecule has 0 saturated carbocycles. The summed E-state index contributed by atoms with van der Waals surface area (Å²) in [5.41, 5.74) is -0.136. The topological polar surface area (TPSA) is 44.8 Å². The number of rotatable bonds is 4. The normalized spacial score (nSPS) is 20.4. The summed E-state index contributed by atoms with van der Waals surface area (Å²) in [5.74, 6) is -0.164. The summed E-state index contributed by atoms with van der Waals surface area (Å²) in [7, 11) is 0. The van der Waals surface area contributed by atoms with Crippen molar-refractivity contribution in [3.05, 3.63) is 0 Å². The van der Waals surface area contributed by atoms with Gasteiger partial charge in [0, 0.05) is 6.42 Å². The van der Waals surface area contributed by atoms with E-state index in [0.717, 1.165) is 6.42 Å². The van der Waals surface area contributed by atoms with E-state index in [1.54, 1.807) is 6.92 Å². The summed E-state index contributed by atoms with van der Waals surface area (Å²) in [5, 5.41) is 0. The number of carbonyl (C=O) groups excluding carboxylic acids is 1. The lowest BCUT2D eigenvalue weighted by Crippen LogP contribution is -2.41. The van der Waals surface area contributed by atoms with E-state index in [1.807, 2.05) is 0 Å². The zero-order valence-corrected chi connectivity index (χ0v) is 8.88. The Hall–Kier alpha value is -0.610. The van der Waals surface area contributed by atoms with Crippen LogP contribution in [0.2, 0.25) is 0 Å². The first-order chi connectivity index (χ1) is 6.72. The van der Waals surface area contributed by atoms with Crippen LogP contribution in [0.3, 0.4) is 0 Å². The van der Waals surface area contributed by atoms with E-state index in [2.05, 4.69) is 6.92 Å². The molecule has 1 heterocycles. The summed E-state index contributed by atoms with van der Waals surface area (Å²) in [6.07, 6.45) is 1.31. The second-order valence-corrected chi connectivity index (χ2v) is 3.68. The average Bonchev–Trinajstić information content (AvgIpc) is 2.27. The van der Waals surface area contributed by atoms with E-state index in [1.165, 1.54) is 0 Å². The molecule has 4 nitrogen and oxygen atoms in total. The van der Waals surface area contributed by atoms with Crippen molar-refractivity contribution >= 4 is 5.97 Å². The lowest BCUT2D eigenvalue weighted by molar-refractivity contribution is -0.186. The molecule has 0 amide bonds. The van der Waals surface area contributed by atoms with Crippen molar-refractivity contribution in [3.8, 4) is 0 Å². The van der Waals surface area contributed by atoms with Crippen LogP contribution in [0.4, 0.5) is 0 Å². The van der Waals surface area contributed by atoms with Crippen LogP contribution < -0.4 is 0 Å². The van der Waals surface area contributed by atoms with Gasteiger partial charge in [-0.3, -0.25) is 4.79 Å². The van der Waals surface area contributed by atoms with Crippen LogP contribution in [0.1, 0.15) is 26.7 Å². The van der Waals surface area contributed by atoms with Crippen molar-refractivity contribution < 1.29 is 19.0 Å². The van der Waals surface area contributed by atoms with Gasteiger partial charge < -0.3 is 14.2 Å². The Bertz CT molecular complexity index is 185. The van der Waals surface area contributed by atoms with Gasteiger partial charge >= 0.3 is 5.97 Å². The second kappa shape index (κ2) is 5.32. The van der Waals surface area contributed by atoms with Crippen LogP contribution in [0.25, 0.3) is 0 Å². The molecule has 0 aliphatic carbocycles. The van der Waals surface area contributed by atoms with Gasteiger partial charge in [-0.2, -0.15) is 0 Å². The minimum Gasteiger partial charge on any atom is -0.465 e. The molecule has 0 atom stereocenters. The van der Waals surface area contributed by atoms with E-state index in [4.69, 9.17) is 14.2 Å². The molecule has 1 rings (SSSR count). The molecule has 82 valence electrons. The fourth-order valence-electron chi connectivity index (χ4n) is 1.34. The number of ether oxygens (including phenoxy) is 3. The molecular weight excluding hydrogens is 184 g/mol. The Morgan fingerprint density at radius 3 is 2.50 bits per heavy atom. The van der Waals surface area contributed by atoms with Crippen molar-refractivity contribution in [2.24, 2.45) is 5.41 Å². The summed E-state index contributed by atoms with van der Waals surface area (Å²) in [6, 6.07) is 0. The fraction of sp³-hybridized carbons (Fsp3) is 0.900. The van der Waals surface area contributed by atoms with Gasteiger partial charge in [-0.05, 0) is 6.42 Å². The third-order valence-electron chi connectivity index (χ3n) is 2.56. The molecule has 0 spiro atoms. The number of esters is 1. The molecule has 1 saturated heterocycles. The molecule has 0 aromatic carbocycles. The first kappa shape index (κ1) is 11.5. The number of hydrogen-bond acceptors (Lipinski definition) is 4. The SMILES string of the molecule is CCC(=O)OCC1(CC)COCOC1. The Kier molecular flexibility index (Phi) is 4.35. The second-order valence-electron chi connectivity index (χ2n) is 3.68. The van der Waals surface area contributed by atoms with Gasteiger partial charge in [0.05, 0.1) is 18.6 Å². The maximum absolute atomic E-state index is 11.0. The van der Waals surface area contributed by atoms with Crippen molar-refractivity contribution in [2.45, 2.75) is 26.7 Å². The summed E-state index contributed by atoms with van der Waals surface area (Å²) in [4.78, 5) is 11.0. The molecule has 4 heteroatoms. The van der Waals surface area contributed by atoms with E-state index in [-0.39, 0.29) is 11.4 Å². The monoisotopic (exact) mass is 202 g/mol. The van der Waals surface area contributed by atoms with E-state index in [9.17, 15) is 4.79 Å². The van der Waals surface area contributed by atoms with Crippen molar-refractivity contribution in [1.82, 2.24) is 0 Å². The summed E-state index contributed by atoms with van der Waals surface area (Å²) >= 11 is 0. The Morgan fingerprint density at radius 1 is 1.36 bits per heavy atom. The zero-order chi connectivity index (χ0) is 10.4. The molecule has 1 aliphatic rings. The average molecular weight is 202 g/mol. The zero-order valence-electron chi connectivity index (χ0n) is 8.88. The molecule has 0 N–H and O–H groups in total. The summed E-state index contributed by atoms with van der Waals surface area (Å²) in [6.45, 7) is 5.81. The minimum absolute atomic E-state index is 0.136. The standard InChI is InChI=1S/C10H18O4/c1-3-9(11)14-7-10(4-2)5-12-8-13-6-10/h3-8H2,1-2H3. The van der Waals surface area contributed by atoms with Crippen molar-refractivity contribution in [2.75, 3.05) is 26.6 Å². The third kappa shape index (κ3) is 2.96. The minimum atomic E-state index is -0.164. The number of carbonyl (C=O) groups is 1. The first-order valence-corrected chi connectivity index (χ1v) is 5.03. The molecular formula is C10H18O4. The lowest BCUT2D eigenvalue weighted by Gasteiger charge is -2.35. The molecule has 1 aliphatic heterocycles. The van der Waals surface area contributed by atoms with Gasteiger partial charge in [0.25, 0.3) is 0 Å². The smallest absolute Gasteiger partial charge is 0.305 e. The highest BCUT2D eigenvalue weighted by Crippen LogP contribution is 2.26. The van der Waals surface area contributed by atoms with E-state index in [0.29, 0.717) is 33.0 Å². The highest BCUT2D eigenvalue weighted by Gasteiger charge is 2.33. The molecule has 0 unspecified atom stereocenters. The molecule has 1 fully saturated rings. The Balaban J connectivity index is 2.39. The molecule has 0 aromatic heterocycles. The molecule has 14 heavy (non-hydrogen) atoms. The van der Waals surface area contributed by atoms with Crippen LogP contribution in [0.5, 0.6) is 0 Å². The maximum atomic E-state index is 11.0. The van der Waals surface area contributed by atoms with Gasteiger partial charge in [-0.25, -0.2) is 0 Å². The fourth-order valence-corrected chi connectivity index (χ4v) is 1.34. The van der Waals surface area contributed by atoms with Gasteiger partial charge in [0.15, 0.2) is 0 Å².